The molecule has 0 saturated carbocycles. The van der Waals surface area contributed by atoms with E-state index in [9.17, 15) is 19.1 Å². The Kier molecular flexibility index (Phi) is 5.06. The lowest BCUT2D eigenvalue weighted by Gasteiger charge is -2.24. The standard InChI is InChI=1S/C14H16FNO4S/c15-10-2-1-3-11(8-10)20-6-4-12(17)16-14(13(18)19)5-7-21-9-14/h1-3,8H,4-7,9H2,(H,16,17)(H,18,19). The molecule has 0 aromatic heterocycles. The van der Waals surface area contributed by atoms with Crippen LogP contribution in [0.25, 0.3) is 0 Å². The van der Waals surface area contributed by atoms with Gasteiger partial charge in [0.15, 0.2) is 0 Å². The number of thioether (sulfide) groups is 1. The van der Waals surface area contributed by atoms with Gasteiger partial charge < -0.3 is 15.2 Å². The Morgan fingerprint density at radius 2 is 2.29 bits per heavy atom. The second-order valence-electron chi connectivity index (χ2n) is 4.79. The van der Waals surface area contributed by atoms with Gasteiger partial charge in [0, 0.05) is 11.8 Å². The molecule has 0 aliphatic carbocycles. The Morgan fingerprint density at radius 3 is 2.90 bits per heavy atom. The molecule has 2 N–H and O–H groups in total. The third-order valence-electron chi connectivity index (χ3n) is 3.20. The van der Waals surface area contributed by atoms with Gasteiger partial charge in [0.25, 0.3) is 0 Å². The number of halogens is 1. The van der Waals surface area contributed by atoms with E-state index in [-0.39, 0.29) is 18.9 Å². The summed E-state index contributed by atoms with van der Waals surface area (Å²) in [5.74, 6) is -0.370. The van der Waals surface area contributed by atoms with Crippen LogP contribution < -0.4 is 10.1 Å². The molecule has 2 rings (SSSR count). The maximum atomic E-state index is 12.9. The van der Waals surface area contributed by atoms with Gasteiger partial charge in [-0.1, -0.05) is 6.07 Å². The molecule has 1 unspecified atom stereocenters. The van der Waals surface area contributed by atoms with Crippen molar-refractivity contribution in [2.24, 2.45) is 0 Å². The number of hydrogen-bond donors (Lipinski definition) is 2. The van der Waals surface area contributed by atoms with Crippen molar-refractivity contribution in [2.75, 3.05) is 18.1 Å². The van der Waals surface area contributed by atoms with E-state index in [1.165, 1.54) is 30.0 Å². The quantitative estimate of drug-likeness (QED) is 0.835. The summed E-state index contributed by atoms with van der Waals surface area (Å²) in [5.41, 5.74) is -1.17. The monoisotopic (exact) mass is 313 g/mol. The summed E-state index contributed by atoms with van der Waals surface area (Å²) in [4.78, 5) is 23.1. The molecule has 1 aromatic rings. The van der Waals surface area contributed by atoms with Crippen LogP contribution in [0, 0.1) is 5.82 Å². The Balaban J connectivity index is 1.81. The molecular formula is C14H16FNO4S. The number of benzene rings is 1. The highest BCUT2D eigenvalue weighted by atomic mass is 32.2. The van der Waals surface area contributed by atoms with Crippen LogP contribution in [0.3, 0.4) is 0 Å². The molecule has 5 nitrogen and oxygen atoms in total. The first-order valence-electron chi connectivity index (χ1n) is 6.52. The number of aliphatic carboxylic acids is 1. The minimum Gasteiger partial charge on any atom is -0.493 e. The Bertz CT molecular complexity index is 531. The SMILES string of the molecule is O=C(CCOc1cccc(F)c1)NC1(C(=O)O)CCSC1. The summed E-state index contributed by atoms with van der Waals surface area (Å²) in [6.07, 6.45) is 0.444. The number of amides is 1. The molecule has 0 bridgehead atoms. The summed E-state index contributed by atoms with van der Waals surface area (Å²) in [7, 11) is 0. The minimum absolute atomic E-state index is 0.0240. The number of carboxylic acids is 1. The molecule has 1 heterocycles. The second kappa shape index (κ2) is 6.80. The van der Waals surface area contributed by atoms with E-state index < -0.39 is 17.3 Å². The average Bonchev–Trinajstić information content (AvgIpc) is 2.88. The van der Waals surface area contributed by atoms with Crippen molar-refractivity contribution in [1.82, 2.24) is 5.32 Å². The van der Waals surface area contributed by atoms with E-state index in [0.29, 0.717) is 23.7 Å². The lowest BCUT2D eigenvalue weighted by molar-refractivity contribution is -0.146. The normalized spacial score (nSPS) is 21.0. The van der Waals surface area contributed by atoms with Crippen LogP contribution in [0.2, 0.25) is 0 Å². The smallest absolute Gasteiger partial charge is 0.330 e. The van der Waals surface area contributed by atoms with Crippen LogP contribution in [0.5, 0.6) is 5.75 Å². The van der Waals surface area contributed by atoms with Gasteiger partial charge in [0.05, 0.1) is 13.0 Å². The summed E-state index contributed by atoms with van der Waals surface area (Å²) in [6, 6.07) is 5.63. The van der Waals surface area contributed by atoms with Crippen molar-refractivity contribution in [3.05, 3.63) is 30.1 Å². The molecular weight excluding hydrogens is 297 g/mol. The topological polar surface area (TPSA) is 75.6 Å². The Morgan fingerprint density at radius 1 is 1.48 bits per heavy atom. The first-order valence-corrected chi connectivity index (χ1v) is 7.68. The number of ether oxygens (including phenoxy) is 1. The lowest BCUT2D eigenvalue weighted by Crippen LogP contribution is -2.54. The summed E-state index contributed by atoms with van der Waals surface area (Å²) in [6.45, 7) is 0.0676. The molecule has 0 spiro atoms. The third kappa shape index (κ3) is 4.10. The van der Waals surface area contributed by atoms with E-state index in [0.717, 1.165) is 0 Å². The van der Waals surface area contributed by atoms with E-state index in [1.807, 2.05) is 0 Å². The lowest BCUT2D eigenvalue weighted by atomic mass is 9.99. The highest BCUT2D eigenvalue weighted by Crippen LogP contribution is 2.28. The van der Waals surface area contributed by atoms with Gasteiger partial charge in [-0.3, -0.25) is 4.79 Å². The van der Waals surface area contributed by atoms with Crippen LogP contribution in [0.15, 0.2) is 24.3 Å². The van der Waals surface area contributed by atoms with Crippen LogP contribution in [-0.2, 0) is 9.59 Å². The van der Waals surface area contributed by atoms with Gasteiger partial charge in [-0.2, -0.15) is 11.8 Å². The fraction of sp³-hybridized carbons (Fsp3) is 0.429. The number of carbonyl (C=O) groups excluding carboxylic acids is 1. The maximum absolute atomic E-state index is 12.9. The summed E-state index contributed by atoms with van der Waals surface area (Å²) >= 11 is 1.51. The van der Waals surface area contributed by atoms with Crippen LogP contribution >= 0.6 is 11.8 Å². The predicted molar refractivity (Wildman–Crippen MR) is 77.0 cm³/mol. The maximum Gasteiger partial charge on any atom is 0.330 e. The fourth-order valence-electron chi connectivity index (χ4n) is 2.03. The van der Waals surface area contributed by atoms with E-state index in [1.54, 1.807) is 6.07 Å². The highest BCUT2D eigenvalue weighted by molar-refractivity contribution is 7.99. The molecule has 1 saturated heterocycles. The van der Waals surface area contributed by atoms with E-state index in [2.05, 4.69) is 5.32 Å². The first-order chi connectivity index (χ1) is 10.0. The number of nitrogens with one attached hydrogen (secondary N) is 1. The number of carbonyl (C=O) groups is 2. The van der Waals surface area contributed by atoms with Gasteiger partial charge in [-0.05, 0) is 24.3 Å². The molecule has 1 aromatic carbocycles. The zero-order chi connectivity index (χ0) is 15.3. The zero-order valence-electron chi connectivity index (χ0n) is 11.3. The summed E-state index contributed by atoms with van der Waals surface area (Å²) < 4.78 is 18.2. The van der Waals surface area contributed by atoms with Crippen molar-refractivity contribution >= 4 is 23.6 Å². The summed E-state index contributed by atoms with van der Waals surface area (Å²) in [5, 5.41) is 11.8. The van der Waals surface area contributed by atoms with Crippen LogP contribution in [0.4, 0.5) is 4.39 Å². The highest BCUT2D eigenvalue weighted by Gasteiger charge is 2.43. The largest absolute Gasteiger partial charge is 0.493 e. The third-order valence-corrected chi connectivity index (χ3v) is 4.39. The van der Waals surface area contributed by atoms with Crippen molar-refractivity contribution in [1.29, 1.82) is 0 Å². The van der Waals surface area contributed by atoms with Crippen molar-refractivity contribution < 1.29 is 23.8 Å². The van der Waals surface area contributed by atoms with Gasteiger partial charge in [-0.15, -0.1) is 0 Å². The zero-order valence-corrected chi connectivity index (χ0v) is 12.1. The molecule has 1 aliphatic heterocycles. The van der Waals surface area contributed by atoms with Crippen molar-refractivity contribution in [3.63, 3.8) is 0 Å². The van der Waals surface area contributed by atoms with E-state index >= 15 is 0 Å². The van der Waals surface area contributed by atoms with Crippen LogP contribution in [-0.4, -0.2) is 40.6 Å². The van der Waals surface area contributed by atoms with Crippen LogP contribution in [0.1, 0.15) is 12.8 Å². The molecule has 21 heavy (non-hydrogen) atoms. The average molecular weight is 313 g/mol. The molecule has 0 radical (unpaired) electrons. The molecule has 7 heteroatoms. The van der Waals surface area contributed by atoms with Crippen molar-refractivity contribution in [2.45, 2.75) is 18.4 Å². The van der Waals surface area contributed by atoms with Crippen molar-refractivity contribution in [3.8, 4) is 5.75 Å². The van der Waals surface area contributed by atoms with Gasteiger partial charge >= 0.3 is 5.97 Å². The molecule has 1 atom stereocenters. The van der Waals surface area contributed by atoms with Gasteiger partial charge in [0.2, 0.25) is 5.91 Å². The second-order valence-corrected chi connectivity index (χ2v) is 5.90. The number of carboxylic acid groups (broad SMARTS) is 1. The number of rotatable bonds is 6. The van der Waals surface area contributed by atoms with Gasteiger partial charge in [0.1, 0.15) is 17.1 Å². The Hall–Kier alpha value is -1.76. The predicted octanol–water partition coefficient (Wildman–Crippen LogP) is 1.67. The van der Waals surface area contributed by atoms with Gasteiger partial charge in [-0.25, -0.2) is 9.18 Å². The Labute approximate surface area is 125 Å². The van der Waals surface area contributed by atoms with E-state index in [4.69, 9.17) is 4.74 Å². The molecule has 1 aliphatic rings. The minimum atomic E-state index is -1.17. The molecule has 1 fully saturated rings. The molecule has 1 amide bonds. The number of hydrogen-bond acceptors (Lipinski definition) is 4. The first kappa shape index (κ1) is 15.6. The molecule has 114 valence electrons. The fourth-order valence-corrected chi connectivity index (χ4v) is 3.36.